The molecule has 100 valence electrons. The van der Waals surface area contributed by atoms with Gasteiger partial charge < -0.3 is 4.74 Å². The van der Waals surface area contributed by atoms with Gasteiger partial charge in [0.15, 0.2) is 0 Å². The summed E-state index contributed by atoms with van der Waals surface area (Å²) in [6, 6.07) is 4.08. The SMILES string of the molecule is CCC(C)NC(C(=O)OC)c1ccc(F)c(Br)c1. The van der Waals surface area contributed by atoms with Crippen LogP contribution in [-0.4, -0.2) is 19.1 Å². The predicted molar refractivity (Wildman–Crippen MR) is 71.7 cm³/mol. The van der Waals surface area contributed by atoms with Crippen LogP contribution in [0.4, 0.5) is 4.39 Å². The molecule has 1 aromatic carbocycles. The summed E-state index contributed by atoms with van der Waals surface area (Å²) in [6.07, 6.45) is 0.885. The number of rotatable bonds is 5. The van der Waals surface area contributed by atoms with Crippen molar-refractivity contribution in [3.63, 3.8) is 0 Å². The van der Waals surface area contributed by atoms with E-state index in [1.807, 2.05) is 13.8 Å². The second-order valence-electron chi connectivity index (χ2n) is 4.11. The summed E-state index contributed by atoms with van der Waals surface area (Å²) in [6.45, 7) is 4.00. The van der Waals surface area contributed by atoms with Crippen molar-refractivity contribution in [3.05, 3.63) is 34.1 Å². The molecule has 0 fully saturated rings. The van der Waals surface area contributed by atoms with Gasteiger partial charge in [0.05, 0.1) is 11.6 Å². The molecule has 0 aliphatic heterocycles. The Morgan fingerprint density at radius 1 is 1.56 bits per heavy atom. The molecule has 0 saturated heterocycles. The van der Waals surface area contributed by atoms with E-state index >= 15 is 0 Å². The lowest BCUT2D eigenvalue weighted by atomic mass is 10.1. The molecule has 18 heavy (non-hydrogen) atoms. The summed E-state index contributed by atoms with van der Waals surface area (Å²) in [4.78, 5) is 11.8. The molecular weight excluding hydrogens is 301 g/mol. The van der Waals surface area contributed by atoms with Crippen LogP contribution in [0.2, 0.25) is 0 Å². The zero-order chi connectivity index (χ0) is 13.7. The van der Waals surface area contributed by atoms with E-state index in [1.165, 1.54) is 13.2 Å². The number of benzene rings is 1. The first kappa shape index (κ1) is 15.1. The Labute approximate surface area is 115 Å². The van der Waals surface area contributed by atoms with Crippen LogP contribution in [0, 0.1) is 5.82 Å². The van der Waals surface area contributed by atoms with Gasteiger partial charge >= 0.3 is 5.97 Å². The fourth-order valence-corrected chi connectivity index (χ4v) is 1.91. The van der Waals surface area contributed by atoms with Gasteiger partial charge in [0, 0.05) is 6.04 Å². The predicted octanol–water partition coefficient (Wildman–Crippen LogP) is 3.19. The highest BCUT2D eigenvalue weighted by Crippen LogP contribution is 2.22. The second-order valence-corrected chi connectivity index (χ2v) is 4.96. The van der Waals surface area contributed by atoms with Crippen LogP contribution in [0.25, 0.3) is 0 Å². The quantitative estimate of drug-likeness (QED) is 0.848. The maximum Gasteiger partial charge on any atom is 0.327 e. The number of carbonyl (C=O) groups is 1. The summed E-state index contributed by atoms with van der Waals surface area (Å²) in [7, 11) is 1.34. The average Bonchev–Trinajstić information content (AvgIpc) is 2.38. The molecule has 0 heterocycles. The number of halogens is 2. The van der Waals surface area contributed by atoms with E-state index in [9.17, 15) is 9.18 Å². The molecule has 0 spiro atoms. The van der Waals surface area contributed by atoms with Crippen LogP contribution >= 0.6 is 15.9 Å². The van der Waals surface area contributed by atoms with Crippen LogP contribution in [-0.2, 0) is 9.53 Å². The third kappa shape index (κ3) is 3.78. The molecule has 0 saturated carbocycles. The minimum absolute atomic E-state index is 0.165. The van der Waals surface area contributed by atoms with Gasteiger partial charge in [0.2, 0.25) is 0 Å². The zero-order valence-corrected chi connectivity index (χ0v) is 12.3. The summed E-state index contributed by atoms with van der Waals surface area (Å²) >= 11 is 3.11. The monoisotopic (exact) mass is 317 g/mol. The average molecular weight is 318 g/mol. The van der Waals surface area contributed by atoms with Crippen LogP contribution in [0.15, 0.2) is 22.7 Å². The van der Waals surface area contributed by atoms with Gasteiger partial charge in [-0.1, -0.05) is 13.0 Å². The van der Waals surface area contributed by atoms with Crippen molar-refractivity contribution in [1.29, 1.82) is 0 Å². The molecule has 0 amide bonds. The summed E-state index contributed by atoms with van der Waals surface area (Å²) < 4.78 is 18.3. The smallest absolute Gasteiger partial charge is 0.327 e. The van der Waals surface area contributed by atoms with Gasteiger partial charge in [0.25, 0.3) is 0 Å². The van der Waals surface area contributed by atoms with E-state index in [2.05, 4.69) is 21.2 Å². The number of esters is 1. The summed E-state index contributed by atoms with van der Waals surface area (Å²) in [5.74, 6) is -0.736. The van der Waals surface area contributed by atoms with Crippen LogP contribution < -0.4 is 5.32 Å². The molecule has 1 aromatic rings. The van der Waals surface area contributed by atoms with Crippen molar-refractivity contribution in [2.45, 2.75) is 32.4 Å². The van der Waals surface area contributed by atoms with Gasteiger partial charge in [-0.05, 0) is 47.0 Å². The van der Waals surface area contributed by atoms with E-state index in [0.29, 0.717) is 10.0 Å². The Bertz CT molecular complexity index is 425. The van der Waals surface area contributed by atoms with E-state index in [4.69, 9.17) is 4.74 Å². The summed E-state index contributed by atoms with van der Waals surface area (Å²) in [5.41, 5.74) is 0.676. The Morgan fingerprint density at radius 3 is 2.72 bits per heavy atom. The lowest BCUT2D eigenvalue weighted by molar-refractivity contribution is -0.143. The van der Waals surface area contributed by atoms with Crippen molar-refractivity contribution >= 4 is 21.9 Å². The highest BCUT2D eigenvalue weighted by Gasteiger charge is 2.23. The van der Waals surface area contributed by atoms with E-state index in [-0.39, 0.29) is 17.8 Å². The molecule has 3 nitrogen and oxygen atoms in total. The van der Waals surface area contributed by atoms with Crippen molar-refractivity contribution < 1.29 is 13.9 Å². The molecule has 0 aliphatic carbocycles. The number of nitrogens with one attached hydrogen (secondary N) is 1. The van der Waals surface area contributed by atoms with Crippen LogP contribution in [0.1, 0.15) is 31.9 Å². The first-order chi connectivity index (χ1) is 8.49. The standard InChI is InChI=1S/C13H17BrFNO2/c1-4-8(2)16-12(13(17)18-3)9-5-6-11(15)10(14)7-9/h5-8,12,16H,4H2,1-3H3. The van der Waals surface area contributed by atoms with E-state index in [0.717, 1.165) is 6.42 Å². The summed E-state index contributed by atoms with van der Waals surface area (Å²) in [5, 5.41) is 3.16. The number of hydrogen-bond acceptors (Lipinski definition) is 3. The van der Waals surface area contributed by atoms with Gasteiger partial charge in [-0.2, -0.15) is 0 Å². The van der Waals surface area contributed by atoms with Crippen molar-refractivity contribution in [3.8, 4) is 0 Å². The fourth-order valence-electron chi connectivity index (χ4n) is 1.51. The molecule has 1 N–H and O–H groups in total. The number of ether oxygens (including phenoxy) is 1. The number of methoxy groups -OCH3 is 1. The third-order valence-corrected chi connectivity index (χ3v) is 3.39. The topological polar surface area (TPSA) is 38.3 Å². The molecule has 0 aromatic heterocycles. The third-order valence-electron chi connectivity index (χ3n) is 2.78. The molecule has 0 radical (unpaired) electrons. The molecule has 5 heteroatoms. The zero-order valence-electron chi connectivity index (χ0n) is 10.7. The van der Waals surface area contributed by atoms with Gasteiger partial charge in [-0.3, -0.25) is 5.32 Å². The lowest BCUT2D eigenvalue weighted by Crippen LogP contribution is -2.35. The number of hydrogen-bond donors (Lipinski definition) is 1. The van der Waals surface area contributed by atoms with Gasteiger partial charge in [-0.15, -0.1) is 0 Å². The second kappa shape index (κ2) is 6.85. The van der Waals surface area contributed by atoms with E-state index in [1.54, 1.807) is 12.1 Å². The van der Waals surface area contributed by atoms with Crippen LogP contribution in [0.3, 0.4) is 0 Å². The molecule has 2 unspecified atom stereocenters. The Morgan fingerprint density at radius 2 is 2.22 bits per heavy atom. The largest absolute Gasteiger partial charge is 0.468 e. The molecule has 2 atom stereocenters. The Balaban J connectivity index is 3.01. The maximum atomic E-state index is 13.2. The fraction of sp³-hybridized carbons (Fsp3) is 0.462. The first-order valence-electron chi connectivity index (χ1n) is 5.78. The minimum Gasteiger partial charge on any atom is -0.468 e. The highest BCUT2D eigenvalue weighted by molar-refractivity contribution is 9.10. The van der Waals surface area contributed by atoms with Crippen molar-refractivity contribution in [2.75, 3.05) is 7.11 Å². The molecule has 0 bridgehead atoms. The lowest BCUT2D eigenvalue weighted by Gasteiger charge is -2.21. The van der Waals surface area contributed by atoms with Gasteiger partial charge in [-0.25, -0.2) is 9.18 Å². The molecule has 0 aliphatic rings. The van der Waals surface area contributed by atoms with Crippen molar-refractivity contribution in [2.24, 2.45) is 0 Å². The normalized spacial score (nSPS) is 14.1. The minimum atomic E-state index is -0.582. The van der Waals surface area contributed by atoms with Crippen molar-refractivity contribution in [1.82, 2.24) is 5.32 Å². The highest BCUT2D eigenvalue weighted by atomic mass is 79.9. The maximum absolute atomic E-state index is 13.2. The Hall–Kier alpha value is -0.940. The molecular formula is C13H17BrFNO2. The first-order valence-corrected chi connectivity index (χ1v) is 6.57. The van der Waals surface area contributed by atoms with Crippen LogP contribution in [0.5, 0.6) is 0 Å². The Kier molecular flexibility index (Phi) is 5.75. The molecule has 1 rings (SSSR count). The van der Waals surface area contributed by atoms with Gasteiger partial charge in [0.1, 0.15) is 11.9 Å². The number of carbonyl (C=O) groups excluding carboxylic acids is 1. The van der Waals surface area contributed by atoms with E-state index < -0.39 is 6.04 Å².